The molecule has 0 aromatic carbocycles. The van der Waals surface area contributed by atoms with Crippen LogP contribution in [0.5, 0.6) is 0 Å². The lowest BCUT2D eigenvalue weighted by molar-refractivity contribution is -0.117. The standard InChI is InChI=1S/C14H28NO4P/c1-13(16)8-6-5-7-9-15(4)12-20(17)18-10-14(2,3)11-19-20/h5-12H2,1-4H3. The SMILES string of the molecule is CC(=O)CCCCCN(C)CP1(=O)OCC(C)(C)CO1. The van der Waals surface area contributed by atoms with Crippen molar-refractivity contribution in [3.63, 3.8) is 0 Å². The van der Waals surface area contributed by atoms with Crippen LogP contribution in [0.3, 0.4) is 0 Å². The first-order valence-electron chi connectivity index (χ1n) is 7.29. The molecule has 0 bridgehead atoms. The van der Waals surface area contributed by atoms with Crippen LogP contribution in [-0.2, 0) is 18.4 Å². The Bertz CT molecular complexity index is 356. The monoisotopic (exact) mass is 305 g/mol. The molecule has 20 heavy (non-hydrogen) atoms. The third-order valence-electron chi connectivity index (χ3n) is 3.29. The van der Waals surface area contributed by atoms with Gasteiger partial charge < -0.3 is 13.8 Å². The maximum atomic E-state index is 12.4. The van der Waals surface area contributed by atoms with E-state index in [0.29, 0.717) is 25.9 Å². The summed E-state index contributed by atoms with van der Waals surface area (Å²) >= 11 is 0. The zero-order valence-corrected chi connectivity index (χ0v) is 14.1. The summed E-state index contributed by atoms with van der Waals surface area (Å²) in [6.07, 6.45) is 3.94. The maximum absolute atomic E-state index is 12.4. The molecular weight excluding hydrogens is 277 g/mol. The predicted molar refractivity (Wildman–Crippen MR) is 79.9 cm³/mol. The van der Waals surface area contributed by atoms with Gasteiger partial charge in [-0.3, -0.25) is 9.46 Å². The van der Waals surface area contributed by atoms with E-state index in [4.69, 9.17) is 9.05 Å². The molecule has 1 aliphatic heterocycles. The van der Waals surface area contributed by atoms with Crippen molar-refractivity contribution in [3.05, 3.63) is 0 Å². The molecule has 1 rings (SSSR count). The van der Waals surface area contributed by atoms with Gasteiger partial charge in [0.1, 0.15) is 12.1 Å². The second-order valence-corrected chi connectivity index (χ2v) is 8.58. The topological polar surface area (TPSA) is 55.8 Å². The van der Waals surface area contributed by atoms with Crippen LogP contribution in [0, 0.1) is 5.41 Å². The van der Waals surface area contributed by atoms with Crippen molar-refractivity contribution in [2.24, 2.45) is 5.41 Å². The van der Waals surface area contributed by atoms with Gasteiger partial charge in [0.05, 0.1) is 13.2 Å². The average Bonchev–Trinajstić information content (AvgIpc) is 2.33. The number of hydrogen-bond acceptors (Lipinski definition) is 5. The largest absolute Gasteiger partial charge is 0.344 e. The fraction of sp³-hybridized carbons (Fsp3) is 0.929. The lowest BCUT2D eigenvalue weighted by atomic mass is 9.97. The normalized spacial score (nSPS) is 21.1. The quantitative estimate of drug-likeness (QED) is 0.509. The van der Waals surface area contributed by atoms with Crippen molar-refractivity contribution in [2.45, 2.75) is 46.5 Å². The van der Waals surface area contributed by atoms with Gasteiger partial charge in [-0.1, -0.05) is 20.3 Å². The fourth-order valence-electron chi connectivity index (χ4n) is 2.01. The molecule has 6 heteroatoms. The highest BCUT2D eigenvalue weighted by Gasteiger charge is 2.37. The molecule has 0 unspecified atom stereocenters. The smallest absolute Gasteiger partial charge is 0.307 e. The van der Waals surface area contributed by atoms with E-state index >= 15 is 0 Å². The molecular formula is C14H28NO4P. The molecule has 0 saturated carbocycles. The van der Waals surface area contributed by atoms with Gasteiger partial charge in [0, 0.05) is 11.8 Å². The van der Waals surface area contributed by atoms with Gasteiger partial charge in [-0.2, -0.15) is 0 Å². The van der Waals surface area contributed by atoms with E-state index in [2.05, 4.69) is 0 Å². The van der Waals surface area contributed by atoms with Crippen molar-refractivity contribution in [1.29, 1.82) is 0 Å². The minimum atomic E-state index is -2.95. The molecule has 0 radical (unpaired) electrons. The first-order chi connectivity index (χ1) is 9.22. The number of rotatable bonds is 8. The van der Waals surface area contributed by atoms with E-state index in [1.807, 2.05) is 25.8 Å². The molecule has 0 aliphatic carbocycles. The second kappa shape index (κ2) is 7.69. The highest BCUT2D eigenvalue weighted by atomic mass is 31.2. The van der Waals surface area contributed by atoms with Crippen molar-refractivity contribution in [3.8, 4) is 0 Å². The number of unbranched alkanes of at least 4 members (excludes halogenated alkanes) is 2. The summed E-state index contributed by atoms with van der Waals surface area (Å²) in [7, 11) is -1.02. The summed E-state index contributed by atoms with van der Waals surface area (Å²) in [6.45, 7) is 7.51. The number of hydrogen-bond donors (Lipinski definition) is 0. The maximum Gasteiger partial charge on any atom is 0.344 e. The number of carbonyl (C=O) groups excluding carboxylic acids is 1. The van der Waals surface area contributed by atoms with Crippen molar-refractivity contribution < 1.29 is 18.4 Å². The summed E-state index contributed by atoms with van der Waals surface area (Å²) in [4.78, 5) is 12.8. The van der Waals surface area contributed by atoms with Crippen molar-refractivity contribution >= 4 is 13.4 Å². The Morgan fingerprint density at radius 1 is 1.20 bits per heavy atom. The zero-order chi connectivity index (χ0) is 15.2. The molecule has 0 aromatic heterocycles. The third-order valence-corrected chi connectivity index (χ3v) is 5.16. The van der Waals surface area contributed by atoms with E-state index in [1.54, 1.807) is 6.92 Å². The van der Waals surface area contributed by atoms with Crippen molar-refractivity contribution in [1.82, 2.24) is 4.90 Å². The minimum Gasteiger partial charge on any atom is -0.307 e. The highest BCUT2D eigenvalue weighted by Crippen LogP contribution is 2.53. The Morgan fingerprint density at radius 3 is 2.35 bits per heavy atom. The number of carbonyl (C=O) groups is 1. The van der Waals surface area contributed by atoms with Gasteiger partial charge in [0.25, 0.3) is 0 Å². The lowest BCUT2D eigenvalue weighted by Gasteiger charge is -2.35. The summed E-state index contributed by atoms with van der Waals surface area (Å²) < 4.78 is 23.3. The Morgan fingerprint density at radius 2 is 1.80 bits per heavy atom. The van der Waals surface area contributed by atoms with Crippen LogP contribution < -0.4 is 0 Å². The third kappa shape index (κ3) is 6.98. The summed E-state index contributed by atoms with van der Waals surface area (Å²) in [5.41, 5.74) is -0.0564. The Balaban J connectivity index is 2.20. The van der Waals surface area contributed by atoms with E-state index in [9.17, 15) is 9.36 Å². The first kappa shape index (κ1) is 17.8. The molecule has 0 amide bonds. The molecule has 118 valence electrons. The molecule has 1 heterocycles. The number of Topliss-reactive ketones (excluding diaryl/α,β-unsaturated/α-hetero) is 1. The number of ketones is 1. The van der Waals surface area contributed by atoms with Crippen LogP contribution in [0.25, 0.3) is 0 Å². The van der Waals surface area contributed by atoms with E-state index in [1.165, 1.54) is 0 Å². The molecule has 0 aromatic rings. The minimum absolute atomic E-state index is 0.0564. The van der Waals surface area contributed by atoms with Crippen molar-refractivity contribution in [2.75, 3.05) is 33.1 Å². The van der Waals surface area contributed by atoms with Crippen LogP contribution in [0.1, 0.15) is 46.5 Å². The predicted octanol–water partition coefficient (Wildman–Crippen LogP) is 3.29. The van der Waals surface area contributed by atoms with Crippen LogP contribution in [0.2, 0.25) is 0 Å². The molecule has 5 nitrogen and oxygen atoms in total. The zero-order valence-electron chi connectivity index (χ0n) is 13.2. The van der Waals surface area contributed by atoms with Gasteiger partial charge in [-0.25, -0.2) is 0 Å². The van der Waals surface area contributed by atoms with Crippen LogP contribution in [0.15, 0.2) is 0 Å². The van der Waals surface area contributed by atoms with Gasteiger partial charge in [0.15, 0.2) is 0 Å². The molecule has 0 spiro atoms. The average molecular weight is 305 g/mol. The van der Waals surface area contributed by atoms with E-state index in [0.717, 1.165) is 25.8 Å². The molecule has 1 aliphatic rings. The lowest BCUT2D eigenvalue weighted by Crippen LogP contribution is -2.32. The van der Waals surface area contributed by atoms with Gasteiger partial charge >= 0.3 is 7.60 Å². The van der Waals surface area contributed by atoms with Crippen LogP contribution in [0.4, 0.5) is 0 Å². The van der Waals surface area contributed by atoms with Gasteiger partial charge in [-0.05, 0) is 33.4 Å². The van der Waals surface area contributed by atoms with E-state index in [-0.39, 0.29) is 11.2 Å². The first-order valence-corrected chi connectivity index (χ1v) is 9.01. The van der Waals surface area contributed by atoms with Gasteiger partial charge in [-0.15, -0.1) is 0 Å². The fourth-order valence-corrected chi connectivity index (χ4v) is 4.07. The van der Waals surface area contributed by atoms with E-state index < -0.39 is 7.60 Å². The Hall–Kier alpha value is -0.220. The summed E-state index contributed by atoms with van der Waals surface area (Å²) in [5, 5.41) is 0. The molecule has 1 fully saturated rings. The molecule has 0 N–H and O–H groups in total. The second-order valence-electron chi connectivity index (χ2n) is 6.56. The Kier molecular flexibility index (Phi) is 6.86. The summed E-state index contributed by atoms with van der Waals surface area (Å²) in [6, 6.07) is 0. The molecule has 0 atom stereocenters. The van der Waals surface area contributed by atoms with Crippen LogP contribution >= 0.6 is 7.60 Å². The van der Waals surface area contributed by atoms with Gasteiger partial charge in [0.2, 0.25) is 0 Å². The highest BCUT2D eigenvalue weighted by molar-refractivity contribution is 7.53. The van der Waals surface area contributed by atoms with Crippen LogP contribution in [-0.4, -0.2) is 43.8 Å². The Labute approximate surface area is 122 Å². The summed E-state index contributed by atoms with van der Waals surface area (Å²) in [5.74, 6) is 0.245. The molecule has 1 saturated heterocycles. The number of nitrogens with zero attached hydrogens (tertiary/aromatic N) is 1.